The van der Waals surface area contributed by atoms with Gasteiger partial charge in [-0.25, -0.2) is 0 Å². The smallest absolute Gasteiger partial charge is 0.277 e. The SMILES string of the molecule is O=[N+]([O-])c1cc(Br)ccc1COc1ccc(Br)c(CBr)c1. The number of nitro groups is 1. The van der Waals surface area contributed by atoms with Crippen molar-refractivity contribution in [2.45, 2.75) is 11.9 Å². The van der Waals surface area contributed by atoms with E-state index in [9.17, 15) is 10.1 Å². The fourth-order valence-electron chi connectivity index (χ4n) is 1.73. The number of benzene rings is 2. The van der Waals surface area contributed by atoms with Gasteiger partial charge < -0.3 is 4.74 Å². The third kappa shape index (κ3) is 4.28. The van der Waals surface area contributed by atoms with E-state index in [1.54, 1.807) is 12.1 Å². The molecule has 7 heteroatoms. The lowest BCUT2D eigenvalue weighted by Crippen LogP contribution is -2.01. The van der Waals surface area contributed by atoms with E-state index in [4.69, 9.17) is 4.74 Å². The van der Waals surface area contributed by atoms with Gasteiger partial charge in [-0.1, -0.05) is 47.8 Å². The second kappa shape index (κ2) is 7.38. The van der Waals surface area contributed by atoms with Crippen LogP contribution in [0.2, 0.25) is 0 Å². The van der Waals surface area contributed by atoms with Gasteiger partial charge in [-0.15, -0.1) is 0 Å². The monoisotopic (exact) mass is 477 g/mol. The van der Waals surface area contributed by atoms with Crippen LogP contribution in [0.1, 0.15) is 11.1 Å². The molecule has 0 heterocycles. The van der Waals surface area contributed by atoms with E-state index in [0.717, 1.165) is 10.0 Å². The average Bonchev–Trinajstić information content (AvgIpc) is 2.47. The van der Waals surface area contributed by atoms with Gasteiger partial charge >= 0.3 is 0 Å². The zero-order chi connectivity index (χ0) is 15.4. The van der Waals surface area contributed by atoms with Crippen molar-refractivity contribution in [2.24, 2.45) is 0 Å². The lowest BCUT2D eigenvalue weighted by Gasteiger charge is -2.09. The van der Waals surface area contributed by atoms with Gasteiger partial charge in [0, 0.05) is 20.3 Å². The van der Waals surface area contributed by atoms with Crippen LogP contribution in [-0.4, -0.2) is 4.92 Å². The summed E-state index contributed by atoms with van der Waals surface area (Å²) >= 11 is 10.1. The Balaban J connectivity index is 2.18. The van der Waals surface area contributed by atoms with Gasteiger partial charge in [-0.2, -0.15) is 0 Å². The number of nitro benzene ring substituents is 1. The molecule has 4 nitrogen and oxygen atoms in total. The van der Waals surface area contributed by atoms with Crippen LogP contribution < -0.4 is 4.74 Å². The molecule has 0 N–H and O–H groups in total. The van der Waals surface area contributed by atoms with Crippen molar-refractivity contribution in [1.29, 1.82) is 0 Å². The lowest BCUT2D eigenvalue weighted by atomic mass is 10.2. The summed E-state index contributed by atoms with van der Waals surface area (Å²) in [4.78, 5) is 10.6. The van der Waals surface area contributed by atoms with Gasteiger partial charge in [-0.3, -0.25) is 10.1 Å². The van der Waals surface area contributed by atoms with E-state index in [2.05, 4.69) is 47.8 Å². The van der Waals surface area contributed by atoms with Crippen molar-refractivity contribution in [2.75, 3.05) is 0 Å². The Bertz CT molecular complexity index is 677. The Morgan fingerprint density at radius 3 is 2.52 bits per heavy atom. The Kier molecular flexibility index (Phi) is 5.78. The van der Waals surface area contributed by atoms with Gasteiger partial charge in [0.1, 0.15) is 12.4 Å². The van der Waals surface area contributed by atoms with E-state index >= 15 is 0 Å². The van der Waals surface area contributed by atoms with Crippen LogP contribution in [0.15, 0.2) is 45.3 Å². The molecule has 110 valence electrons. The van der Waals surface area contributed by atoms with E-state index in [1.807, 2.05) is 18.2 Å². The highest BCUT2D eigenvalue weighted by molar-refractivity contribution is 9.11. The van der Waals surface area contributed by atoms with Crippen LogP contribution in [-0.2, 0) is 11.9 Å². The van der Waals surface area contributed by atoms with Crippen LogP contribution in [0.4, 0.5) is 5.69 Å². The van der Waals surface area contributed by atoms with Gasteiger partial charge in [0.05, 0.1) is 10.5 Å². The van der Waals surface area contributed by atoms with E-state index in [1.165, 1.54) is 6.07 Å². The number of halogens is 3. The van der Waals surface area contributed by atoms with Gasteiger partial charge in [0.25, 0.3) is 5.69 Å². The Morgan fingerprint density at radius 1 is 1.10 bits per heavy atom. The van der Waals surface area contributed by atoms with E-state index in [-0.39, 0.29) is 12.3 Å². The van der Waals surface area contributed by atoms with Crippen molar-refractivity contribution >= 4 is 53.5 Å². The molecule has 0 aliphatic carbocycles. The molecule has 0 bridgehead atoms. The number of hydrogen-bond donors (Lipinski definition) is 0. The zero-order valence-electron chi connectivity index (χ0n) is 10.7. The summed E-state index contributed by atoms with van der Waals surface area (Å²) in [7, 11) is 0. The first-order valence-electron chi connectivity index (χ1n) is 5.91. The Hall–Kier alpha value is -0.920. The minimum atomic E-state index is -0.408. The normalized spacial score (nSPS) is 10.4. The molecule has 0 radical (unpaired) electrons. The molecule has 0 amide bonds. The van der Waals surface area contributed by atoms with Crippen molar-refractivity contribution in [3.05, 3.63) is 66.6 Å². The first-order chi connectivity index (χ1) is 10.0. The molecule has 0 unspecified atom stereocenters. The first-order valence-corrected chi connectivity index (χ1v) is 8.62. The molecule has 2 aromatic carbocycles. The highest BCUT2D eigenvalue weighted by Gasteiger charge is 2.14. The summed E-state index contributed by atoms with van der Waals surface area (Å²) < 4.78 is 7.32. The molecule has 2 aromatic rings. The molecule has 0 spiro atoms. The summed E-state index contributed by atoms with van der Waals surface area (Å²) in [6.45, 7) is 0.146. The summed E-state index contributed by atoms with van der Waals surface area (Å²) in [5.74, 6) is 0.671. The number of hydrogen-bond acceptors (Lipinski definition) is 3. The zero-order valence-corrected chi connectivity index (χ0v) is 15.4. The van der Waals surface area contributed by atoms with Gasteiger partial charge in [0.15, 0.2) is 0 Å². The second-order valence-electron chi connectivity index (χ2n) is 4.21. The molecular formula is C14H10Br3NO3. The average molecular weight is 480 g/mol. The third-order valence-electron chi connectivity index (χ3n) is 2.80. The molecular weight excluding hydrogens is 470 g/mol. The maximum atomic E-state index is 11.0. The fourth-order valence-corrected chi connectivity index (χ4v) is 3.31. The van der Waals surface area contributed by atoms with E-state index < -0.39 is 4.92 Å². The number of rotatable bonds is 5. The van der Waals surface area contributed by atoms with Crippen molar-refractivity contribution in [3.63, 3.8) is 0 Å². The number of ether oxygens (including phenoxy) is 1. The summed E-state index contributed by atoms with van der Waals surface area (Å²) in [5, 5.41) is 11.7. The molecule has 2 rings (SSSR count). The summed E-state index contributed by atoms with van der Waals surface area (Å²) in [6, 6.07) is 10.5. The van der Waals surface area contributed by atoms with Crippen molar-refractivity contribution < 1.29 is 9.66 Å². The summed E-state index contributed by atoms with van der Waals surface area (Å²) in [6.07, 6.45) is 0. The quantitative estimate of drug-likeness (QED) is 0.319. The van der Waals surface area contributed by atoms with Crippen LogP contribution in [0.25, 0.3) is 0 Å². The molecule has 21 heavy (non-hydrogen) atoms. The standard InChI is InChI=1S/C14H10Br3NO3/c15-7-10-5-12(3-4-13(10)17)21-8-9-1-2-11(16)6-14(9)18(19)20/h1-6H,7-8H2. The topological polar surface area (TPSA) is 52.4 Å². The van der Waals surface area contributed by atoms with Crippen molar-refractivity contribution in [3.8, 4) is 5.75 Å². The number of alkyl halides is 1. The van der Waals surface area contributed by atoms with Crippen LogP contribution in [0, 0.1) is 10.1 Å². The van der Waals surface area contributed by atoms with Gasteiger partial charge in [0.2, 0.25) is 0 Å². The maximum Gasteiger partial charge on any atom is 0.277 e. The molecule has 0 saturated heterocycles. The highest BCUT2D eigenvalue weighted by atomic mass is 79.9. The van der Waals surface area contributed by atoms with Crippen LogP contribution in [0.3, 0.4) is 0 Å². The van der Waals surface area contributed by atoms with E-state index in [0.29, 0.717) is 21.1 Å². The molecule has 0 fully saturated rings. The largest absolute Gasteiger partial charge is 0.489 e. The first kappa shape index (κ1) is 16.5. The minimum absolute atomic E-state index is 0.0437. The third-order valence-corrected chi connectivity index (χ3v) is 4.67. The number of nitrogens with zero attached hydrogens (tertiary/aromatic N) is 1. The predicted octanol–water partition coefficient (Wildman–Crippen LogP) is 5.59. The Morgan fingerprint density at radius 2 is 1.86 bits per heavy atom. The molecule has 0 saturated carbocycles. The molecule has 0 aliphatic heterocycles. The highest BCUT2D eigenvalue weighted by Crippen LogP contribution is 2.27. The Labute approximate surface area is 147 Å². The predicted molar refractivity (Wildman–Crippen MR) is 91.9 cm³/mol. The fraction of sp³-hybridized carbons (Fsp3) is 0.143. The molecule has 0 atom stereocenters. The van der Waals surface area contributed by atoms with Crippen LogP contribution in [0.5, 0.6) is 5.75 Å². The van der Waals surface area contributed by atoms with Crippen molar-refractivity contribution in [1.82, 2.24) is 0 Å². The van der Waals surface area contributed by atoms with Gasteiger partial charge in [-0.05, 0) is 35.9 Å². The second-order valence-corrected chi connectivity index (χ2v) is 6.54. The molecule has 0 aromatic heterocycles. The lowest BCUT2D eigenvalue weighted by molar-refractivity contribution is -0.385. The maximum absolute atomic E-state index is 11.0. The summed E-state index contributed by atoms with van der Waals surface area (Å²) in [5.41, 5.74) is 1.63. The van der Waals surface area contributed by atoms with Crippen LogP contribution >= 0.6 is 47.8 Å². The minimum Gasteiger partial charge on any atom is -0.489 e. The molecule has 0 aliphatic rings.